The lowest BCUT2D eigenvalue weighted by Crippen LogP contribution is -2.40. The molecule has 2 aromatic rings. The highest BCUT2D eigenvalue weighted by atomic mass is 16.5. The van der Waals surface area contributed by atoms with E-state index in [9.17, 15) is 4.79 Å². The van der Waals surface area contributed by atoms with E-state index in [-0.39, 0.29) is 12.1 Å². The quantitative estimate of drug-likeness (QED) is 0.921. The van der Waals surface area contributed by atoms with Crippen LogP contribution in [0.2, 0.25) is 0 Å². The summed E-state index contributed by atoms with van der Waals surface area (Å²) in [4.78, 5) is 14.3. The van der Waals surface area contributed by atoms with E-state index in [2.05, 4.69) is 22.6 Å². The average molecular weight is 313 g/mol. The monoisotopic (exact) mass is 313 g/mol. The third kappa shape index (κ3) is 3.73. The Morgan fingerprint density at radius 1 is 1.39 bits per heavy atom. The Balaban J connectivity index is 1.55. The van der Waals surface area contributed by atoms with Gasteiger partial charge in [-0.25, -0.2) is 4.79 Å². The van der Waals surface area contributed by atoms with E-state index in [1.165, 1.54) is 5.56 Å². The minimum atomic E-state index is -0.0159. The Bertz CT molecular complexity index is 639. The molecule has 1 fully saturated rings. The van der Waals surface area contributed by atoms with Gasteiger partial charge in [0, 0.05) is 19.2 Å². The number of hydrogen-bond acceptors (Lipinski definition) is 3. The van der Waals surface area contributed by atoms with Gasteiger partial charge in [-0.3, -0.25) is 0 Å². The summed E-state index contributed by atoms with van der Waals surface area (Å²) in [5, 5.41) is 7.06. The van der Waals surface area contributed by atoms with E-state index >= 15 is 0 Å². The first-order chi connectivity index (χ1) is 11.3. The Morgan fingerprint density at radius 3 is 2.96 bits per heavy atom. The van der Waals surface area contributed by atoms with Crippen LogP contribution in [-0.4, -0.2) is 29.2 Å². The van der Waals surface area contributed by atoms with E-state index in [0.29, 0.717) is 6.54 Å². The van der Waals surface area contributed by atoms with Crippen molar-refractivity contribution in [3.8, 4) is 0 Å². The normalized spacial score (nSPS) is 17.4. The lowest BCUT2D eigenvalue weighted by atomic mass is 10.1. The second-order valence-corrected chi connectivity index (χ2v) is 5.89. The molecule has 1 saturated heterocycles. The summed E-state index contributed by atoms with van der Waals surface area (Å²) in [6.07, 6.45) is 3.62. The van der Waals surface area contributed by atoms with Crippen LogP contribution < -0.4 is 5.32 Å². The minimum absolute atomic E-state index is 0.0134. The van der Waals surface area contributed by atoms with Crippen LogP contribution in [0.5, 0.6) is 0 Å². The highest BCUT2D eigenvalue weighted by molar-refractivity contribution is 5.75. The lowest BCUT2D eigenvalue weighted by Gasteiger charge is -2.23. The van der Waals surface area contributed by atoms with E-state index in [1.54, 1.807) is 0 Å². The molecule has 0 radical (unpaired) electrons. The number of hydrogen-bond donors (Lipinski definition) is 1. The van der Waals surface area contributed by atoms with Crippen molar-refractivity contribution in [2.75, 3.05) is 13.1 Å². The molecule has 0 bridgehead atoms. The Kier molecular flexibility index (Phi) is 4.95. The third-order valence-corrected chi connectivity index (χ3v) is 4.31. The molecule has 5 heteroatoms. The number of carbonyl (C=O) groups is 1. The molecule has 23 heavy (non-hydrogen) atoms. The largest absolute Gasteiger partial charge is 0.359 e. The molecule has 0 spiro atoms. The number of rotatable bonds is 5. The predicted molar refractivity (Wildman–Crippen MR) is 88.1 cm³/mol. The van der Waals surface area contributed by atoms with Crippen LogP contribution in [0.1, 0.15) is 42.8 Å². The molecular formula is C18H23N3O2. The first-order valence-electron chi connectivity index (χ1n) is 8.32. The summed E-state index contributed by atoms with van der Waals surface area (Å²) in [7, 11) is 0. The van der Waals surface area contributed by atoms with Crippen LogP contribution >= 0.6 is 0 Å². The first kappa shape index (κ1) is 15.6. The minimum Gasteiger partial charge on any atom is -0.359 e. The van der Waals surface area contributed by atoms with Crippen molar-refractivity contribution in [2.45, 2.75) is 38.6 Å². The summed E-state index contributed by atoms with van der Waals surface area (Å²) in [6.45, 7) is 3.46. The Labute approximate surface area is 136 Å². The van der Waals surface area contributed by atoms with Crippen molar-refractivity contribution >= 4 is 6.03 Å². The van der Waals surface area contributed by atoms with Gasteiger partial charge in [-0.1, -0.05) is 42.4 Å². The summed E-state index contributed by atoms with van der Waals surface area (Å²) in [5.74, 6) is 0.803. The van der Waals surface area contributed by atoms with Crippen molar-refractivity contribution in [1.29, 1.82) is 0 Å². The fourth-order valence-electron chi connectivity index (χ4n) is 3.02. The molecule has 0 saturated carbocycles. The molecule has 2 heterocycles. The molecule has 1 N–H and O–H groups in total. The average Bonchev–Trinajstić information content (AvgIpc) is 3.24. The van der Waals surface area contributed by atoms with Crippen molar-refractivity contribution in [3.63, 3.8) is 0 Å². The molecule has 3 rings (SSSR count). The highest BCUT2D eigenvalue weighted by Crippen LogP contribution is 2.32. The van der Waals surface area contributed by atoms with Gasteiger partial charge in [0.25, 0.3) is 0 Å². The van der Waals surface area contributed by atoms with E-state index < -0.39 is 0 Å². The zero-order valence-corrected chi connectivity index (χ0v) is 13.5. The fraction of sp³-hybridized carbons (Fsp3) is 0.444. The second-order valence-electron chi connectivity index (χ2n) is 5.89. The standard InChI is InChI=1S/C18H23N3O2/c1-2-15-13-17(23-20-15)16-9-6-12-21(16)18(22)19-11-10-14-7-4-3-5-8-14/h3-5,7-8,13,16H,2,6,9-12H2,1H3,(H,19,22)/t16-/m1/s1. The van der Waals surface area contributed by atoms with Gasteiger partial charge >= 0.3 is 6.03 Å². The van der Waals surface area contributed by atoms with Crippen LogP contribution in [0, 0.1) is 0 Å². The predicted octanol–water partition coefficient (Wildman–Crippen LogP) is 3.33. The van der Waals surface area contributed by atoms with Crippen LogP contribution in [0.25, 0.3) is 0 Å². The molecule has 1 aromatic carbocycles. The zero-order valence-electron chi connectivity index (χ0n) is 13.5. The van der Waals surface area contributed by atoms with Gasteiger partial charge < -0.3 is 14.7 Å². The summed E-state index contributed by atoms with van der Waals surface area (Å²) in [6, 6.07) is 12.2. The Morgan fingerprint density at radius 2 is 2.22 bits per heavy atom. The number of urea groups is 1. The fourth-order valence-corrected chi connectivity index (χ4v) is 3.02. The topological polar surface area (TPSA) is 58.4 Å². The summed E-state index contributed by atoms with van der Waals surface area (Å²) in [5.41, 5.74) is 2.17. The molecular weight excluding hydrogens is 290 g/mol. The van der Waals surface area contributed by atoms with Gasteiger partial charge in [-0.05, 0) is 31.2 Å². The van der Waals surface area contributed by atoms with Crippen molar-refractivity contribution < 1.29 is 9.32 Å². The zero-order chi connectivity index (χ0) is 16.1. The number of nitrogens with one attached hydrogen (secondary N) is 1. The number of amides is 2. The molecule has 0 unspecified atom stereocenters. The van der Waals surface area contributed by atoms with E-state index in [4.69, 9.17) is 4.52 Å². The number of likely N-dealkylation sites (tertiary alicyclic amines) is 1. The van der Waals surface area contributed by atoms with Gasteiger partial charge in [0.2, 0.25) is 0 Å². The third-order valence-electron chi connectivity index (χ3n) is 4.31. The van der Waals surface area contributed by atoms with Gasteiger partial charge in [-0.2, -0.15) is 0 Å². The van der Waals surface area contributed by atoms with E-state index in [1.807, 2.05) is 36.1 Å². The molecule has 1 atom stereocenters. The molecule has 1 aliphatic heterocycles. The van der Waals surface area contributed by atoms with Gasteiger partial charge in [0.05, 0.1) is 11.7 Å². The SMILES string of the molecule is CCc1cc([C@H]2CCCN2C(=O)NCCc2ccccc2)on1. The van der Waals surface area contributed by atoms with Crippen molar-refractivity contribution in [3.05, 3.63) is 53.4 Å². The molecule has 1 aromatic heterocycles. The van der Waals surface area contributed by atoms with Crippen LogP contribution in [0.3, 0.4) is 0 Å². The van der Waals surface area contributed by atoms with Crippen molar-refractivity contribution in [2.24, 2.45) is 0 Å². The van der Waals surface area contributed by atoms with Crippen molar-refractivity contribution in [1.82, 2.24) is 15.4 Å². The van der Waals surface area contributed by atoms with Gasteiger partial charge in [0.1, 0.15) is 0 Å². The second kappa shape index (κ2) is 7.31. The van der Waals surface area contributed by atoms with Gasteiger partial charge in [-0.15, -0.1) is 0 Å². The lowest BCUT2D eigenvalue weighted by molar-refractivity contribution is 0.182. The molecule has 1 aliphatic rings. The summed E-state index contributed by atoms with van der Waals surface area (Å²) >= 11 is 0. The molecule has 122 valence electrons. The van der Waals surface area contributed by atoms with Gasteiger partial charge in [0.15, 0.2) is 5.76 Å². The molecule has 5 nitrogen and oxygen atoms in total. The number of aromatic nitrogens is 1. The number of aryl methyl sites for hydroxylation is 1. The first-order valence-corrected chi connectivity index (χ1v) is 8.32. The number of benzene rings is 1. The molecule has 0 aliphatic carbocycles. The van der Waals surface area contributed by atoms with E-state index in [0.717, 1.165) is 43.7 Å². The number of nitrogens with zero attached hydrogens (tertiary/aromatic N) is 2. The maximum atomic E-state index is 12.4. The summed E-state index contributed by atoms with van der Waals surface area (Å²) < 4.78 is 5.42. The maximum Gasteiger partial charge on any atom is 0.318 e. The highest BCUT2D eigenvalue weighted by Gasteiger charge is 2.32. The van der Waals surface area contributed by atoms with Crippen LogP contribution in [0.15, 0.2) is 40.9 Å². The Hall–Kier alpha value is -2.30. The smallest absolute Gasteiger partial charge is 0.318 e. The number of carbonyl (C=O) groups excluding carboxylic acids is 1. The van der Waals surface area contributed by atoms with Crippen LogP contribution in [0.4, 0.5) is 4.79 Å². The molecule has 2 amide bonds. The van der Waals surface area contributed by atoms with Crippen LogP contribution in [-0.2, 0) is 12.8 Å². The maximum absolute atomic E-state index is 12.4.